The Balaban J connectivity index is 1.68. The van der Waals surface area contributed by atoms with Crippen molar-refractivity contribution in [2.75, 3.05) is 11.1 Å². The molecule has 1 atom stereocenters. The van der Waals surface area contributed by atoms with Crippen molar-refractivity contribution in [2.24, 2.45) is 7.05 Å². The average molecular weight is 420 g/mol. The molecule has 0 saturated heterocycles. The summed E-state index contributed by atoms with van der Waals surface area (Å²) in [4.78, 5) is 30.6. The second-order valence-electron chi connectivity index (χ2n) is 7.93. The molecule has 1 amide bonds. The van der Waals surface area contributed by atoms with Crippen LogP contribution in [0.4, 0.5) is 5.69 Å². The van der Waals surface area contributed by atoms with E-state index >= 15 is 0 Å². The fraction of sp³-hybridized carbons (Fsp3) is 0.292. The summed E-state index contributed by atoms with van der Waals surface area (Å²) >= 11 is 1.28. The average Bonchev–Trinajstić information content (AvgIpc) is 2.75. The van der Waals surface area contributed by atoms with Gasteiger partial charge in [0, 0.05) is 23.7 Å². The Labute approximate surface area is 180 Å². The van der Waals surface area contributed by atoms with Crippen LogP contribution in [0.3, 0.4) is 0 Å². The number of benzene rings is 2. The number of aromatic nitrogens is 2. The first kappa shape index (κ1) is 20.4. The van der Waals surface area contributed by atoms with E-state index in [-0.39, 0.29) is 22.6 Å². The first-order valence-corrected chi connectivity index (χ1v) is 11.1. The van der Waals surface area contributed by atoms with Crippen LogP contribution in [0.5, 0.6) is 0 Å². The van der Waals surface area contributed by atoms with Gasteiger partial charge in [0.25, 0.3) is 5.56 Å². The van der Waals surface area contributed by atoms with Crippen LogP contribution in [0.15, 0.2) is 64.5 Å². The second kappa shape index (κ2) is 8.11. The van der Waals surface area contributed by atoms with E-state index in [4.69, 9.17) is 4.98 Å². The van der Waals surface area contributed by atoms with Crippen LogP contribution in [-0.4, -0.2) is 21.2 Å². The number of rotatable bonds is 5. The number of nitrogens with one attached hydrogen (secondary N) is 1. The molecule has 1 aromatic heterocycles. The number of hydrogen-bond acceptors (Lipinski definition) is 4. The zero-order chi connectivity index (χ0) is 21.3. The highest BCUT2D eigenvalue weighted by molar-refractivity contribution is 7.99. The molecule has 4 rings (SSSR count). The van der Waals surface area contributed by atoms with Gasteiger partial charge in [-0.2, -0.15) is 0 Å². The van der Waals surface area contributed by atoms with Gasteiger partial charge in [-0.25, -0.2) is 4.98 Å². The molecule has 2 aromatic carbocycles. The Morgan fingerprint density at radius 3 is 2.60 bits per heavy atom. The molecule has 1 N–H and O–H groups in total. The Morgan fingerprint density at radius 1 is 1.17 bits per heavy atom. The predicted octanol–water partition coefficient (Wildman–Crippen LogP) is 4.40. The molecule has 0 saturated carbocycles. The number of para-hydroxylation sites is 1. The van der Waals surface area contributed by atoms with Crippen LogP contribution in [-0.2, 0) is 23.7 Å². The van der Waals surface area contributed by atoms with Crippen molar-refractivity contribution in [3.8, 4) is 11.3 Å². The molecule has 154 valence electrons. The summed E-state index contributed by atoms with van der Waals surface area (Å²) in [6.45, 7) is 4.26. The van der Waals surface area contributed by atoms with Gasteiger partial charge in [-0.15, -0.1) is 0 Å². The quantitative estimate of drug-likeness (QED) is 0.492. The van der Waals surface area contributed by atoms with Gasteiger partial charge in [0.15, 0.2) is 5.16 Å². The smallest absolute Gasteiger partial charge is 0.258 e. The molecule has 0 spiro atoms. The number of carbonyl (C=O) groups is 1. The monoisotopic (exact) mass is 419 g/mol. The molecule has 3 aromatic rings. The number of nitrogens with zero attached hydrogens (tertiary/aromatic N) is 2. The molecule has 5 nitrogen and oxygen atoms in total. The summed E-state index contributed by atoms with van der Waals surface area (Å²) in [5, 5.41) is 3.42. The molecule has 1 aliphatic rings. The van der Waals surface area contributed by atoms with Gasteiger partial charge in [0.05, 0.1) is 17.0 Å². The van der Waals surface area contributed by atoms with Crippen LogP contribution in [0.25, 0.3) is 11.3 Å². The van der Waals surface area contributed by atoms with Gasteiger partial charge in [-0.05, 0) is 30.5 Å². The van der Waals surface area contributed by atoms with Gasteiger partial charge in [-0.3, -0.25) is 14.2 Å². The molecule has 6 heteroatoms. The summed E-state index contributed by atoms with van der Waals surface area (Å²) < 4.78 is 1.58. The summed E-state index contributed by atoms with van der Waals surface area (Å²) in [6, 6.07) is 17.5. The Kier molecular flexibility index (Phi) is 5.52. The third-order valence-corrected chi connectivity index (χ3v) is 6.91. The normalized spacial score (nSPS) is 17.2. The van der Waals surface area contributed by atoms with Gasteiger partial charge >= 0.3 is 0 Å². The van der Waals surface area contributed by atoms with Crippen molar-refractivity contribution in [1.29, 1.82) is 0 Å². The summed E-state index contributed by atoms with van der Waals surface area (Å²) in [7, 11) is 1.74. The molecule has 30 heavy (non-hydrogen) atoms. The van der Waals surface area contributed by atoms with E-state index in [9.17, 15) is 9.59 Å². The molecule has 1 heterocycles. The Bertz CT molecular complexity index is 1160. The van der Waals surface area contributed by atoms with Gasteiger partial charge < -0.3 is 5.32 Å². The highest BCUT2D eigenvalue weighted by Gasteiger charge is 2.37. The van der Waals surface area contributed by atoms with Gasteiger partial charge in [0.1, 0.15) is 0 Å². The largest absolute Gasteiger partial charge is 0.325 e. The zero-order valence-electron chi connectivity index (χ0n) is 17.4. The maximum Gasteiger partial charge on any atom is 0.258 e. The highest BCUT2D eigenvalue weighted by Crippen LogP contribution is 2.42. The molecule has 0 unspecified atom stereocenters. The summed E-state index contributed by atoms with van der Waals surface area (Å²) in [5.74, 6) is 0.0534. The third-order valence-electron chi connectivity index (χ3n) is 5.88. The fourth-order valence-electron chi connectivity index (χ4n) is 4.02. The minimum absolute atomic E-state index is 0.0233. The van der Waals surface area contributed by atoms with E-state index < -0.39 is 0 Å². The van der Waals surface area contributed by atoms with Crippen LogP contribution in [0, 0.1) is 0 Å². The first-order valence-electron chi connectivity index (χ1n) is 10.1. The first-order chi connectivity index (χ1) is 14.4. The molecule has 0 bridgehead atoms. The van der Waals surface area contributed by atoms with Crippen LogP contribution < -0.4 is 10.9 Å². The number of anilines is 1. The van der Waals surface area contributed by atoms with E-state index in [2.05, 4.69) is 25.2 Å². The standard InChI is InChI=1S/C24H25N3O2S/c1-4-24(2)14-16-10-8-9-13-18(16)21-20(24)22(29)27(3)23(26-21)30-15-19(28)25-17-11-6-5-7-12-17/h5-13H,4,14-15H2,1-3H3,(H,25,28)/t24-/m1/s1. The minimum Gasteiger partial charge on any atom is -0.325 e. The number of carbonyl (C=O) groups excluding carboxylic acids is 1. The van der Waals surface area contributed by atoms with Crippen LogP contribution in [0.1, 0.15) is 31.4 Å². The van der Waals surface area contributed by atoms with Crippen molar-refractivity contribution in [2.45, 2.75) is 37.3 Å². The van der Waals surface area contributed by atoms with E-state index in [1.807, 2.05) is 48.5 Å². The van der Waals surface area contributed by atoms with E-state index in [0.717, 1.165) is 35.3 Å². The lowest BCUT2D eigenvalue weighted by molar-refractivity contribution is -0.113. The highest BCUT2D eigenvalue weighted by atomic mass is 32.2. The molecule has 0 radical (unpaired) electrons. The molecular weight excluding hydrogens is 394 g/mol. The summed E-state index contributed by atoms with van der Waals surface area (Å²) in [6.07, 6.45) is 1.69. The summed E-state index contributed by atoms with van der Waals surface area (Å²) in [5.41, 5.74) is 4.26. The number of fused-ring (bicyclic) bond motifs is 3. The number of amides is 1. The molecule has 0 fully saturated rings. The lowest BCUT2D eigenvalue weighted by Gasteiger charge is -2.35. The maximum atomic E-state index is 13.4. The van der Waals surface area contributed by atoms with E-state index in [0.29, 0.717) is 5.16 Å². The topological polar surface area (TPSA) is 64.0 Å². The van der Waals surface area contributed by atoms with E-state index in [1.165, 1.54) is 17.3 Å². The van der Waals surface area contributed by atoms with Crippen molar-refractivity contribution in [3.63, 3.8) is 0 Å². The zero-order valence-corrected chi connectivity index (χ0v) is 18.3. The van der Waals surface area contributed by atoms with Crippen molar-refractivity contribution in [3.05, 3.63) is 76.1 Å². The molecular formula is C24H25N3O2S. The minimum atomic E-state index is -0.251. The van der Waals surface area contributed by atoms with Crippen molar-refractivity contribution in [1.82, 2.24) is 9.55 Å². The van der Waals surface area contributed by atoms with Gasteiger partial charge in [0.2, 0.25) is 5.91 Å². The maximum absolute atomic E-state index is 13.4. The third kappa shape index (κ3) is 3.67. The Hall–Kier alpha value is -2.86. The lowest BCUT2D eigenvalue weighted by Crippen LogP contribution is -2.39. The molecule has 1 aliphatic carbocycles. The number of hydrogen-bond donors (Lipinski definition) is 1. The van der Waals surface area contributed by atoms with Crippen LogP contribution >= 0.6 is 11.8 Å². The van der Waals surface area contributed by atoms with Crippen LogP contribution in [0.2, 0.25) is 0 Å². The molecule has 0 aliphatic heterocycles. The number of thioether (sulfide) groups is 1. The second-order valence-corrected chi connectivity index (χ2v) is 8.88. The van der Waals surface area contributed by atoms with E-state index in [1.54, 1.807) is 11.6 Å². The predicted molar refractivity (Wildman–Crippen MR) is 122 cm³/mol. The van der Waals surface area contributed by atoms with Crippen molar-refractivity contribution < 1.29 is 4.79 Å². The fourth-order valence-corrected chi connectivity index (χ4v) is 4.78. The Morgan fingerprint density at radius 2 is 1.87 bits per heavy atom. The van der Waals surface area contributed by atoms with Crippen molar-refractivity contribution >= 4 is 23.4 Å². The van der Waals surface area contributed by atoms with Gasteiger partial charge in [-0.1, -0.05) is 68.1 Å². The SMILES string of the molecule is CC[C@]1(C)Cc2ccccc2-c2nc(SCC(=O)Nc3ccccc3)n(C)c(=O)c21. The lowest BCUT2D eigenvalue weighted by atomic mass is 9.69.